The summed E-state index contributed by atoms with van der Waals surface area (Å²) in [6.45, 7) is 0. The molecular weight excluding hydrogens is 378 g/mol. The van der Waals surface area contributed by atoms with Crippen molar-refractivity contribution in [1.82, 2.24) is 10.6 Å². The number of hydrogen-bond donors (Lipinski definition) is 3. The number of sulfone groups is 1. The van der Waals surface area contributed by atoms with E-state index < -0.39 is 15.9 Å². The first-order valence-electron chi connectivity index (χ1n) is 10.1. The minimum Gasteiger partial charge on any atom is -0.349 e. The molecule has 1 heterocycles. The molecule has 3 N–H and O–H groups in total. The summed E-state index contributed by atoms with van der Waals surface area (Å²) in [6, 6.07) is 6.18. The van der Waals surface area contributed by atoms with Gasteiger partial charge in [0.1, 0.15) is 0 Å². The van der Waals surface area contributed by atoms with E-state index in [9.17, 15) is 18.0 Å². The predicted octanol–water partition coefficient (Wildman–Crippen LogP) is 2.84. The zero-order valence-electron chi connectivity index (χ0n) is 16.1. The quantitative estimate of drug-likeness (QED) is 0.714. The molecule has 7 nitrogen and oxygen atoms in total. The topological polar surface area (TPSA) is 104 Å². The third-order valence-corrected chi connectivity index (χ3v) is 7.18. The van der Waals surface area contributed by atoms with Crippen LogP contribution in [-0.2, 0) is 9.84 Å². The molecule has 1 aromatic rings. The highest BCUT2D eigenvalue weighted by atomic mass is 32.2. The Morgan fingerprint density at radius 1 is 0.821 bits per heavy atom. The van der Waals surface area contributed by atoms with Crippen molar-refractivity contribution < 1.29 is 18.0 Å². The van der Waals surface area contributed by atoms with E-state index in [2.05, 4.69) is 16.0 Å². The van der Waals surface area contributed by atoms with E-state index in [-0.39, 0.29) is 29.5 Å². The van der Waals surface area contributed by atoms with Crippen LogP contribution < -0.4 is 16.0 Å². The van der Waals surface area contributed by atoms with Crippen LogP contribution in [0, 0.1) is 0 Å². The van der Waals surface area contributed by atoms with E-state index in [4.69, 9.17) is 0 Å². The van der Waals surface area contributed by atoms with Gasteiger partial charge in [-0.3, -0.25) is 4.79 Å². The maximum absolute atomic E-state index is 12.5. The highest BCUT2D eigenvalue weighted by Gasteiger charge is 2.28. The Morgan fingerprint density at radius 3 is 2.07 bits per heavy atom. The molecule has 0 bridgehead atoms. The fourth-order valence-corrected chi connectivity index (χ4v) is 5.51. The average molecular weight is 408 g/mol. The van der Waals surface area contributed by atoms with Gasteiger partial charge in [0.15, 0.2) is 9.84 Å². The zero-order chi connectivity index (χ0) is 20.0. The lowest BCUT2D eigenvalue weighted by atomic mass is 9.96. The molecule has 154 valence electrons. The van der Waals surface area contributed by atoms with Crippen LogP contribution in [0.1, 0.15) is 61.7 Å². The van der Waals surface area contributed by atoms with Crippen LogP contribution in [0.25, 0.3) is 0 Å². The fraction of sp³-hybridized carbons (Fsp3) is 0.600. The van der Waals surface area contributed by atoms with Gasteiger partial charge in [-0.1, -0.05) is 32.1 Å². The van der Waals surface area contributed by atoms with Gasteiger partial charge in [-0.05, 0) is 43.5 Å². The van der Waals surface area contributed by atoms with Crippen LogP contribution in [0.3, 0.4) is 0 Å². The molecule has 2 aliphatic rings. The molecule has 1 aliphatic heterocycles. The van der Waals surface area contributed by atoms with Crippen molar-refractivity contribution in [2.75, 3.05) is 16.8 Å². The number of hydrogen-bond acceptors (Lipinski definition) is 4. The number of benzene rings is 1. The number of amides is 3. The van der Waals surface area contributed by atoms with Gasteiger partial charge in [-0.15, -0.1) is 0 Å². The highest BCUT2D eigenvalue weighted by molar-refractivity contribution is 7.91. The predicted molar refractivity (Wildman–Crippen MR) is 109 cm³/mol. The highest BCUT2D eigenvalue weighted by Crippen LogP contribution is 2.18. The molecule has 1 unspecified atom stereocenters. The van der Waals surface area contributed by atoms with E-state index >= 15 is 0 Å². The minimum absolute atomic E-state index is 0.0132. The maximum Gasteiger partial charge on any atom is 0.319 e. The second kappa shape index (κ2) is 9.41. The van der Waals surface area contributed by atoms with Gasteiger partial charge < -0.3 is 16.0 Å². The summed E-state index contributed by atoms with van der Waals surface area (Å²) in [5.41, 5.74) is 1.12. The van der Waals surface area contributed by atoms with Crippen molar-refractivity contribution >= 4 is 27.5 Å². The summed E-state index contributed by atoms with van der Waals surface area (Å²) >= 11 is 0. The molecule has 0 spiro atoms. The van der Waals surface area contributed by atoms with E-state index in [1.165, 1.54) is 19.3 Å². The van der Waals surface area contributed by atoms with Crippen molar-refractivity contribution in [3.05, 3.63) is 29.8 Å². The first-order valence-corrected chi connectivity index (χ1v) is 11.9. The summed E-state index contributed by atoms with van der Waals surface area (Å²) in [4.78, 5) is 24.5. The molecule has 2 fully saturated rings. The summed E-state index contributed by atoms with van der Waals surface area (Å²) < 4.78 is 22.9. The lowest BCUT2D eigenvalue weighted by Crippen LogP contribution is -2.38. The fourth-order valence-electron chi connectivity index (χ4n) is 3.84. The van der Waals surface area contributed by atoms with Gasteiger partial charge in [0.25, 0.3) is 5.91 Å². The number of carbonyl (C=O) groups excluding carboxylic acids is 2. The first kappa shape index (κ1) is 20.6. The Balaban J connectivity index is 1.48. The van der Waals surface area contributed by atoms with Crippen LogP contribution in [0.2, 0.25) is 0 Å². The molecule has 1 saturated heterocycles. The van der Waals surface area contributed by atoms with Crippen LogP contribution in [0.4, 0.5) is 10.5 Å². The smallest absolute Gasteiger partial charge is 0.319 e. The van der Waals surface area contributed by atoms with Crippen molar-refractivity contribution in [3.63, 3.8) is 0 Å². The van der Waals surface area contributed by atoms with Gasteiger partial charge in [0, 0.05) is 23.3 Å². The molecule has 1 aliphatic carbocycles. The Labute approximate surface area is 166 Å². The van der Waals surface area contributed by atoms with Gasteiger partial charge in [-0.2, -0.15) is 0 Å². The molecule has 1 aromatic carbocycles. The van der Waals surface area contributed by atoms with Crippen LogP contribution in [0.5, 0.6) is 0 Å². The molecule has 3 amide bonds. The second-order valence-electron chi connectivity index (χ2n) is 7.79. The Kier molecular flexibility index (Phi) is 6.93. The van der Waals surface area contributed by atoms with Crippen molar-refractivity contribution in [2.45, 2.75) is 63.5 Å². The summed E-state index contributed by atoms with van der Waals surface area (Å²) in [5, 5.41) is 8.48. The van der Waals surface area contributed by atoms with Crippen LogP contribution in [-0.4, -0.2) is 43.9 Å². The Bertz CT molecular complexity index is 784. The molecule has 3 rings (SSSR count). The average Bonchev–Trinajstić information content (AvgIpc) is 2.96. The summed E-state index contributed by atoms with van der Waals surface area (Å²) in [6.07, 6.45) is 8.58. The lowest BCUT2D eigenvalue weighted by Gasteiger charge is -2.21. The Hall–Kier alpha value is -2.09. The Morgan fingerprint density at radius 2 is 1.46 bits per heavy atom. The van der Waals surface area contributed by atoms with E-state index in [1.807, 2.05) is 0 Å². The van der Waals surface area contributed by atoms with E-state index in [1.54, 1.807) is 24.3 Å². The van der Waals surface area contributed by atoms with Gasteiger partial charge in [-0.25, -0.2) is 13.2 Å². The van der Waals surface area contributed by atoms with Gasteiger partial charge in [0.2, 0.25) is 0 Å². The van der Waals surface area contributed by atoms with Crippen molar-refractivity contribution in [3.8, 4) is 0 Å². The largest absolute Gasteiger partial charge is 0.349 e. The monoisotopic (exact) mass is 407 g/mol. The van der Waals surface area contributed by atoms with Gasteiger partial charge in [0.05, 0.1) is 11.5 Å². The standard InChI is InChI=1S/C20H29N3O4S/c24-19(21-16-6-4-2-1-3-5-7-16)15-8-10-17(11-9-15)22-20(25)23-18-12-13-28(26,27)14-18/h8-11,16,18H,1-7,12-14H2,(H,21,24)(H2,22,23,25). The third kappa shape index (κ3) is 6.22. The van der Waals surface area contributed by atoms with E-state index in [0.717, 1.165) is 25.7 Å². The normalized spacial score (nSPS) is 22.6. The molecule has 0 aromatic heterocycles. The van der Waals surface area contributed by atoms with Crippen LogP contribution in [0.15, 0.2) is 24.3 Å². The summed E-state index contributed by atoms with van der Waals surface area (Å²) in [7, 11) is -3.03. The molecular formula is C20H29N3O4S. The SMILES string of the molecule is O=C(Nc1ccc(C(=O)NC2CCCCCCC2)cc1)NC1CCS(=O)(=O)C1. The lowest BCUT2D eigenvalue weighted by molar-refractivity contribution is 0.0930. The third-order valence-electron chi connectivity index (χ3n) is 5.41. The maximum atomic E-state index is 12.5. The van der Waals surface area contributed by atoms with E-state index in [0.29, 0.717) is 17.7 Å². The van der Waals surface area contributed by atoms with Gasteiger partial charge >= 0.3 is 6.03 Å². The minimum atomic E-state index is -3.03. The second-order valence-corrected chi connectivity index (χ2v) is 10.0. The van der Waals surface area contributed by atoms with Crippen LogP contribution >= 0.6 is 0 Å². The number of anilines is 1. The van der Waals surface area contributed by atoms with Crippen molar-refractivity contribution in [2.24, 2.45) is 0 Å². The molecule has 1 saturated carbocycles. The number of nitrogens with one attached hydrogen (secondary N) is 3. The first-order chi connectivity index (χ1) is 13.4. The zero-order valence-corrected chi connectivity index (χ0v) is 16.9. The molecule has 28 heavy (non-hydrogen) atoms. The number of rotatable bonds is 4. The molecule has 1 atom stereocenters. The summed E-state index contributed by atoms with van der Waals surface area (Å²) in [5.74, 6) is 0.0152. The molecule has 8 heteroatoms. The number of urea groups is 1. The van der Waals surface area contributed by atoms with Crippen molar-refractivity contribution in [1.29, 1.82) is 0 Å². The molecule has 0 radical (unpaired) electrons. The number of carbonyl (C=O) groups is 2.